The Morgan fingerprint density at radius 2 is 2.28 bits per heavy atom. The van der Waals surface area contributed by atoms with Crippen molar-refractivity contribution in [3.05, 3.63) is 33.9 Å². The molecule has 2 heterocycles. The first kappa shape index (κ1) is 12.2. The number of benzene rings is 1. The second kappa shape index (κ2) is 4.71. The van der Waals surface area contributed by atoms with Gasteiger partial charge in [0.15, 0.2) is 0 Å². The number of hydrogen-bond donors (Lipinski definition) is 1. The van der Waals surface area contributed by atoms with Gasteiger partial charge >= 0.3 is 0 Å². The van der Waals surface area contributed by atoms with E-state index in [0.29, 0.717) is 5.92 Å². The topological polar surface area (TPSA) is 30.9 Å². The van der Waals surface area contributed by atoms with Crippen molar-refractivity contribution in [1.29, 1.82) is 0 Å². The molecule has 0 amide bonds. The fraction of sp³-hybridized carbons (Fsp3) is 0.467. The maximum absolute atomic E-state index is 5.73. The number of aryl methyl sites for hydroxylation is 2. The summed E-state index contributed by atoms with van der Waals surface area (Å²) >= 11 is 3.69. The van der Waals surface area contributed by atoms with E-state index in [0.717, 1.165) is 19.5 Å². The van der Waals surface area contributed by atoms with Gasteiger partial charge in [-0.05, 0) is 64.8 Å². The first-order chi connectivity index (χ1) is 8.69. The molecule has 0 saturated heterocycles. The van der Waals surface area contributed by atoms with Gasteiger partial charge in [-0.15, -0.1) is 0 Å². The Bertz CT molecular complexity index is 586. The number of rotatable bonds is 3. The van der Waals surface area contributed by atoms with Crippen LogP contribution in [-0.4, -0.2) is 11.1 Å². The van der Waals surface area contributed by atoms with E-state index in [1.54, 1.807) is 0 Å². The van der Waals surface area contributed by atoms with Crippen LogP contribution in [0.3, 0.4) is 0 Å². The monoisotopic (exact) mass is 306 g/mol. The van der Waals surface area contributed by atoms with E-state index in [9.17, 15) is 0 Å². The average Bonchev–Trinajstić information content (AvgIpc) is 2.68. The van der Waals surface area contributed by atoms with Crippen molar-refractivity contribution in [3.63, 3.8) is 0 Å². The standard InChI is InChI=1S/C15H19BrN2/c1-10(8-17)5-11-6-12-3-2-4-18-9-14(16)13(7-11)15(12)18/h6-7,9-10H,2-5,8,17H2,1H3. The SMILES string of the molecule is CC(CN)Cc1cc2c3c(c1)c(Br)cn3CCC2. The Morgan fingerprint density at radius 3 is 3.06 bits per heavy atom. The molecule has 1 aliphatic heterocycles. The molecule has 0 fully saturated rings. The molecular formula is C15H19BrN2. The van der Waals surface area contributed by atoms with Crippen LogP contribution < -0.4 is 5.73 Å². The maximum atomic E-state index is 5.73. The summed E-state index contributed by atoms with van der Waals surface area (Å²) in [5, 5.41) is 1.37. The van der Waals surface area contributed by atoms with Crippen LogP contribution in [0, 0.1) is 5.92 Å². The van der Waals surface area contributed by atoms with Crippen LogP contribution in [0.2, 0.25) is 0 Å². The van der Waals surface area contributed by atoms with E-state index in [1.807, 2.05) is 0 Å². The van der Waals surface area contributed by atoms with Gasteiger partial charge in [-0.25, -0.2) is 0 Å². The molecule has 2 aromatic rings. The van der Waals surface area contributed by atoms with Crippen molar-refractivity contribution in [3.8, 4) is 0 Å². The highest BCUT2D eigenvalue weighted by molar-refractivity contribution is 9.10. The summed E-state index contributed by atoms with van der Waals surface area (Å²) < 4.78 is 3.61. The normalized spacial score (nSPS) is 16.2. The molecule has 0 spiro atoms. The average molecular weight is 307 g/mol. The van der Waals surface area contributed by atoms with Crippen LogP contribution in [0.4, 0.5) is 0 Å². The second-order valence-electron chi connectivity index (χ2n) is 5.47. The lowest BCUT2D eigenvalue weighted by molar-refractivity contribution is 0.591. The minimum absolute atomic E-state index is 0.555. The molecule has 1 aliphatic rings. The molecule has 0 saturated carbocycles. The molecule has 18 heavy (non-hydrogen) atoms. The maximum Gasteiger partial charge on any atom is 0.0524 e. The molecule has 0 radical (unpaired) electrons. The number of nitrogens with two attached hydrogens (primary N) is 1. The Hall–Kier alpha value is -0.800. The highest BCUT2D eigenvalue weighted by atomic mass is 79.9. The summed E-state index contributed by atoms with van der Waals surface area (Å²) in [6, 6.07) is 4.72. The van der Waals surface area contributed by atoms with Gasteiger partial charge in [-0.2, -0.15) is 0 Å². The summed E-state index contributed by atoms with van der Waals surface area (Å²) in [4.78, 5) is 0. The molecule has 3 heteroatoms. The van der Waals surface area contributed by atoms with Crippen LogP contribution >= 0.6 is 15.9 Å². The third kappa shape index (κ3) is 1.99. The molecule has 96 valence electrons. The third-order valence-electron chi connectivity index (χ3n) is 3.89. The van der Waals surface area contributed by atoms with Gasteiger partial charge in [0.05, 0.1) is 5.52 Å². The first-order valence-corrected chi connectivity index (χ1v) is 7.48. The van der Waals surface area contributed by atoms with E-state index in [1.165, 1.54) is 39.3 Å². The van der Waals surface area contributed by atoms with Crippen molar-refractivity contribution in [1.82, 2.24) is 4.57 Å². The Morgan fingerprint density at radius 1 is 1.44 bits per heavy atom. The van der Waals surface area contributed by atoms with Gasteiger partial charge < -0.3 is 10.3 Å². The number of halogens is 1. The van der Waals surface area contributed by atoms with Gasteiger partial charge in [-0.1, -0.05) is 13.0 Å². The van der Waals surface area contributed by atoms with Crippen molar-refractivity contribution in [2.45, 2.75) is 32.7 Å². The molecule has 2 N–H and O–H groups in total. The van der Waals surface area contributed by atoms with Crippen LogP contribution in [0.1, 0.15) is 24.5 Å². The lowest BCUT2D eigenvalue weighted by Gasteiger charge is -2.17. The first-order valence-electron chi connectivity index (χ1n) is 6.69. The Labute approximate surface area is 116 Å². The third-order valence-corrected chi connectivity index (χ3v) is 4.53. The predicted octanol–water partition coefficient (Wildman–Crippen LogP) is 3.49. The zero-order valence-electron chi connectivity index (χ0n) is 10.7. The summed E-state index contributed by atoms with van der Waals surface area (Å²) in [5.74, 6) is 0.555. The summed E-state index contributed by atoms with van der Waals surface area (Å²) in [7, 11) is 0. The molecule has 1 unspecified atom stereocenters. The number of aromatic nitrogens is 1. The van der Waals surface area contributed by atoms with Crippen LogP contribution in [0.15, 0.2) is 22.8 Å². The van der Waals surface area contributed by atoms with Crippen LogP contribution in [-0.2, 0) is 19.4 Å². The number of hydrogen-bond acceptors (Lipinski definition) is 1. The predicted molar refractivity (Wildman–Crippen MR) is 79.9 cm³/mol. The van der Waals surface area contributed by atoms with E-state index in [2.05, 4.69) is 45.8 Å². The molecule has 2 nitrogen and oxygen atoms in total. The van der Waals surface area contributed by atoms with Crippen molar-refractivity contribution >= 4 is 26.8 Å². The van der Waals surface area contributed by atoms with E-state index in [4.69, 9.17) is 5.73 Å². The van der Waals surface area contributed by atoms with Gasteiger partial charge in [0.1, 0.15) is 0 Å². The molecule has 1 atom stereocenters. The quantitative estimate of drug-likeness (QED) is 0.924. The fourth-order valence-electron chi connectivity index (χ4n) is 2.96. The largest absolute Gasteiger partial charge is 0.346 e. The van der Waals surface area contributed by atoms with Gasteiger partial charge in [-0.3, -0.25) is 0 Å². The lowest BCUT2D eigenvalue weighted by Crippen LogP contribution is -2.13. The van der Waals surface area contributed by atoms with Crippen LogP contribution in [0.25, 0.3) is 10.9 Å². The smallest absolute Gasteiger partial charge is 0.0524 e. The highest BCUT2D eigenvalue weighted by Crippen LogP contribution is 2.34. The van der Waals surface area contributed by atoms with Gasteiger partial charge in [0.2, 0.25) is 0 Å². The summed E-state index contributed by atoms with van der Waals surface area (Å²) in [5.41, 5.74) is 10.1. The highest BCUT2D eigenvalue weighted by Gasteiger charge is 2.16. The lowest BCUT2D eigenvalue weighted by atomic mass is 9.95. The summed E-state index contributed by atoms with van der Waals surface area (Å²) in [6.45, 7) is 4.12. The molecule has 0 bridgehead atoms. The fourth-order valence-corrected chi connectivity index (χ4v) is 3.51. The van der Waals surface area contributed by atoms with Crippen LogP contribution in [0.5, 0.6) is 0 Å². The second-order valence-corrected chi connectivity index (χ2v) is 6.32. The van der Waals surface area contributed by atoms with Crippen molar-refractivity contribution < 1.29 is 0 Å². The van der Waals surface area contributed by atoms with E-state index < -0.39 is 0 Å². The summed E-state index contributed by atoms with van der Waals surface area (Å²) in [6.07, 6.45) is 5.76. The molecular weight excluding hydrogens is 288 g/mol. The molecule has 3 rings (SSSR count). The molecule has 0 aliphatic carbocycles. The molecule has 1 aromatic carbocycles. The molecule has 1 aromatic heterocycles. The van der Waals surface area contributed by atoms with E-state index in [-0.39, 0.29) is 0 Å². The van der Waals surface area contributed by atoms with E-state index >= 15 is 0 Å². The van der Waals surface area contributed by atoms with Crippen molar-refractivity contribution in [2.24, 2.45) is 11.7 Å². The minimum Gasteiger partial charge on any atom is -0.346 e. The Kier molecular flexibility index (Phi) is 3.20. The zero-order valence-corrected chi connectivity index (χ0v) is 12.3. The van der Waals surface area contributed by atoms with Crippen molar-refractivity contribution in [2.75, 3.05) is 6.54 Å². The van der Waals surface area contributed by atoms with Gasteiger partial charge in [0.25, 0.3) is 0 Å². The Balaban J connectivity index is 2.11. The number of nitrogens with zero attached hydrogens (tertiary/aromatic N) is 1. The minimum atomic E-state index is 0.555. The zero-order chi connectivity index (χ0) is 12.7. The van der Waals surface area contributed by atoms with Gasteiger partial charge in [0, 0.05) is 22.6 Å².